The minimum atomic E-state index is -0.625. The monoisotopic (exact) mass is 249 g/mol. The smallest absolute Gasteiger partial charge is 0.250 e. The predicted octanol–water partition coefficient (Wildman–Crippen LogP) is 1.01. The largest absolute Gasteiger partial charge is 0.371 e. The molecule has 2 aliphatic heterocycles. The molecule has 0 spiro atoms. The molecule has 0 aliphatic carbocycles. The maximum atomic E-state index is 12.6. The van der Waals surface area contributed by atoms with E-state index in [2.05, 4.69) is 5.10 Å². The molecule has 2 bridgehead atoms. The summed E-state index contributed by atoms with van der Waals surface area (Å²) >= 11 is 0. The van der Waals surface area contributed by atoms with Crippen LogP contribution in [0.4, 0.5) is 0 Å². The van der Waals surface area contributed by atoms with Crippen molar-refractivity contribution in [3.63, 3.8) is 0 Å². The minimum Gasteiger partial charge on any atom is -0.371 e. The van der Waals surface area contributed by atoms with Crippen LogP contribution in [0, 0.1) is 0 Å². The number of morpholine rings is 1. The summed E-state index contributed by atoms with van der Waals surface area (Å²) in [5, 5.41) is 4.20. The molecule has 18 heavy (non-hydrogen) atoms. The van der Waals surface area contributed by atoms with Gasteiger partial charge in [0.25, 0.3) is 0 Å². The number of hydrogen-bond donors (Lipinski definition) is 0. The molecule has 2 aliphatic rings. The summed E-state index contributed by atoms with van der Waals surface area (Å²) in [7, 11) is 0. The first-order chi connectivity index (χ1) is 8.57. The fourth-order valence-electron chi connectivity index (χ4n) is 2.87. The summed E-state index contributed by atoms with van der Waals surface area (Å²) in [5.74, 6) is 0.131. The van der Waals surface area contributed by atoms with Crippen molar-refractivity contribution in [1.82, 2.24) is 14.7 Å². The molecule has 1 aromatic rings. The van der Waals surface area contributed by atoms with Crippen molar-refractivity contribution in [1.29, 1.82) is 0 Å². The third kappa shape index (κ3) is 1.82. The SMILES string of the molecule is CC(C)(C(=O)N1CC2CCC(C1)O2)n1cccn1. The van der Waals surface area contributed by atoms with E-state index in [9.17, 15) is 4.79 Å². The quantitative estimate of drug-likeness (QED) is 0.786. The van der Waals surface area contributed by atoms with Gasteiger partial charge < -0.3 is 9.64 Å². The van der Waals surface area contributed by atoms with E-state index in [1.807, 2.05) is 31.0 Å². The van der Waals surface area contributed by atoms with Crippen molar-refractivity contribution < 1.29 is 9.53 Å². The summed E-state index contributed by atoms with van der Waals surface area (Å²) in [6.45, 7) is 5.28. The number of carbonyl (C=O) groups is 1. The van der Waals surface area contributed by atoms with Crippen LogP contribution in [0.15, 0.2) is 18.5 Å². The highest BCUT2D eigenvalue weighted by atomic mass is 16.5. The lowest BCUT2D eigenvalue weighted by Crippen LogP contribution is -2.53. The second-order valence-corrected chi connectivity index (χ2v) is 5.68. The zero-order valence-electron chi connectivity index (χ0n) is 10.9. The van der Waals surface area contributed by atoms with Crippen LogP contribution in [0.2, 0.25) is 0 Å². The molecule has 0 aromatic carbocycles. The summed E-state index contributed by atoms with van der Waals surface area (Å²) in [4.78, 5) is 14.6. The number of carbonyl (C=O) groups excluding carboxylic acids is 1. The normalized spacial score (nSPS) is 27.6. The van der Waals surface area contributed by atoms with Crippen LogP contribution in [-0.4, -0.2) is 45.9 Å². The van der Waals surface area contributed by atoms with Crippen molar-refractivity contribution in [3.8, 4) is 0 Å². The van der Waals surface area contributed by atoms with Gasteiger partial charge in [0.2, 0.25) is 5.91 Å². The molecule has 3 heterocycles. The standard InChI is InChI=1S/C13H19N3O2/c1-13(2,16-7-3-6-14-16)12(17)15-8-10-4-5-11(9-15)18-10/h3,6-7,10-11H,4-5,8-9H2,1-2H3. The Morgan fingerprint density at radius 1 is 1.33 bits per heavy atom. The Balaban J connectivity index is 1.78. The Morgan fingerprint density at radius 3 is 2.56 bits per heavy atom. The highest BCUT2D eigenvalue weighted by molar-refractivity contribution is 5.83. The topological polar surface area (TPSA) is 47.4 Å². The molecule has 2 saturated heterocycles. The van der Waals surface area contributed by atoms with Gasteiger partial charge in [-0.05, 0) is 32.8 Å². The Kier molecular flexibility index (Phi) is 2.66. The number of nitrogens with zero attached hydrogens (tertiary/aromatic N) is 3. The van der Waals surface area contributed by atoms with E-state index in [1.165, 1.54) is 0 Å². The molecule has 1 aromatic heterocycles. The first-order valence-electron chi connectivity index (χ1n) is 6.52. The molecule has 0 radical (unpaired) electrons. The first kappa shape index (κ1) is 11.7. The molecule has 5 heteroatoms. The van der Waals surface area contributed by atoms with Crippen molar-refractivity contribution in [2.24, 2.45) is 0 Å². The first-order valence-corrected chi connectivity index (χ1v) is 6.52. The Bertz CT molecular complexity index is 429. The molecule has 5 nitrogen and oxygen atoms in total. The van der Waals surface area contributed by atoms with E-state index in [-0.39, 0.29) is 18.1 Å². The number of hydrogen-bond acceptors (Lipinski definition) is 3. The van der Waals surface area contributed by atoms with E-state index in [1.54, 1.807) is 10.9 Å². The minimum absolute atomic E-state index is 0.131. The van der Waals surface area contributed by atoms with Crippen molar-refractivity contribution >= 4 is 5.91 Å². The van der Waals surface area contributed by atoms with Gasteiger partial charge in [0, 0.05) is 25.5 Å². The van der Waals surface area contributed by atoms with Gasteiger partial charge in [-0.1, -0.05) is 0 Å². The van der Waals surface area contributed by atoms with E-state index >= 15 is 0 Å². The number of aromatic nitrogens is 2. The Hall–Kier alpha value is -1.36. The molecule has 1 amide bonds. The van der Waals surface area contributed by atoms with Gasteiger partial charge >= 0.3 is 0 Å². The van der Waals surface area contributed by atoms with Crippen molar-refractivity contribution in [2.75, 3.05) is 13.1 Å². The van der Waals surface area contributed by atoms with Crippen molar-refractivity contribution in [3.05, 3.63) is 18.5 Å². The van der Waals surface area contributed by atoms with Crippen LogP contribution in [0.5, 0.6) is 0 Å². The van der Waals surface area contributed by atoms with E-state index in [4.69, 9.17) is 4.74 Å². The lowest BCUT2D eigenvalue weighted by molar-refractivity contribution is -0.148. The number of likely N-dealkylation sites (tertiary alicyclic amines) is 1. The fraction of sp³-hybridized carbons (Fsp3) is 0.692. The number of rotatable bonds is 2. The van der Waals surface area contributed by atoms with Gasteiger partial charge in [-0.2, -0.15) is 5.10 Å². The zero-order chi connectivity index (χ0) is 12.8. The van der Waals surface area contributed by atoms with Gasteiger partial charge in [-0.25, -0.2) is 0 Å². The number of ether oxygens (including phenoxy) is 1. The number of amides is 1. The summed E-state index contributed by atoms with van der Waals surface area (Å²) in [6, 6.07) is 1.85. The summed E-state index contributed by atoms with van der Waals surface area (Å²) in [5.41, 5.74) is -0.625. The summed E-state index contributed by atoms with van der Waals surface area (Å²) < 4.78 is 7.49. The number of fused-ring (bicyclic) bond motifs is 2. The fourth-order valence-corrected chi connectivity index (χ4v) is 2.87. The molecule has 0 N–H and O–H groups in total. The highest BCUT2D eigenvalue weighted by Crippen LogP contribution is 2.28. The maximum Gasteiger partial charge on any atom is 0.250 e. The molecule has 98 valence electrons. The van der Waals surface area contributed by atoms with Gasteiger partial charge in [0.05, 0.1) is 12.2 Å². The van der Waals surface area contributed by atoms with E-state index < -0.39 is 5.54 Å². The van der Waals surface area contributed by atoms with Crippen LogP contribution >= 0.6 is 0 Å². The molecular formula is C13H19N3O2. The lowest BCUT2D eigenvalue weighted by atomic mass is 10.0. The van der Waals surface area contributed by atoms with Crippen LogP contribution < -0.4 is 0 Å². The molecule has 0 saturated carbocycles. The molecule has 2 atom stereocenters. The third-order valence-electron chi connectivity index (χ3n) is 3.93. The Morgan fingerprint density at radius 2 is 2.00 bits per heavy atom. The third-order valence-corrected chi connectivity index (χ3v) is 3.93. The average Bonchev–Trinajstić information content (AvgIpc) is 2.98. The van der Waals surface area contributed by atoms with Crippen LogP contribution in [0.25, 0.3) is 0 Å². The van der Waals surface area contributed by atoms with E-state index in [0.29, 0.717) is 0 Å². The second kappa shape index (κ2) is 4.09. The van der Waals surface area contributed by atoms with Crippen molar-refractivity contribution in [2.45, 2.75) is 44.4 Å². The van der Waals surface area contributed by atoms with E-state index in [0.717, 1.165) is 25.9 Å². The van der Waals surface area contributed by atoms with Gasteiger partial charge in [-0.15, -0.1) is 0 Å². The summed E-state index contributed by atoms with van der Waals surface area (Å²) in [6.07, 6.45) is 6.18. The highest BCUT2D eigenvalue weighted by Gasteiger charge is 2.41. The molecule has 2 fully saturated rings. The molecule has 2 unspecified atom stereocenters. The van der Waals surface area contributed by atoms with Gasteiger partial charge in [0.15, 0.2) is 0 Å². The zero-order valence-corrected chi connectivity index (χ0v) is 10.9. The van der Waals surface area contributed by atoms with Crippen LogP contribution in [0.1, 0.15) is 26.7 Å². The van der Waals surface area contributed by atoms with Crippen LogP contribution in [-0.2, 0) is 15.1 Å². The predicted molar refractivity (Wildman–Crippen MR) is 66.0 cm³/mol. The van der Waals surface area contributed by atoms with Gasteiger partial charge in [-0.3, -0.25) is 9.48 Å². The van der Waals surface area contributed by atoms with Gasteiger partial charge in [0.1, 0.15) is 5.54 Å². The molecular weight excluding hydrogens is 230 g/mol. The maximum absolute atomic E-state index is 12.6. The van der Waals surface area contributed by atoms with Crippen LogP contribution in [0.3, 0.4) is 0 Å². The second-order valence-electron chi connectivity index (χ2n) is 5.68. The Labute approximate surface area is 107 Å². The molecule has 3 rings (SSSR count). The average molecular weight is 249 g/mol. The lowest BCUT2D eigenvalue weighted by Gasteiger charge is -2.37.